The van der Waals surface area contributed by atoms with Crippen molar-refractivity contribution in [2.75, 3.05) is 44.2 Å². The van der Waals surface area contributed by atoms with Crippen molar-refractivity contribution < 1.29 is 18.3 Å². The van der Waals surface area contributed by atoms with Gasteiger partial charge in [0, 0.05) is 38.4 Å². The lowest BCUT2D eigenvalue weighted by molar-refractivity contribution is -0.123. The summed E-state index contributed by atoms with van der Waals surface area (Å²) in [5.41, 5.74) is 2.16. The van der Waals surface area contributed by atoms with Gasteiger partial charge < -0.3 is 19.4 Å². The third kappa shape index (κ3) is 5.68. The standard InChI is InChI=1S/C25H28FN3O3/c1-19-4-10-22(11-5-19)32-18-25(30)27-17-23(24-3-2-16-31-24)29-14-12-28(13-15-29)21-8-6-20(26)7-9-21/h2-11,16,23H,12-15,17-18H2,1H3,(H,27,30). The fourth-order valence-electron chi connectivity index (χ4n) is 3.88. The van der Waals surface area contributed by atoms with E-state index in [9.17, 15) is 9.18 Å². The van der Waals surface area contributed by atoms with Gasteiger partial charge in [0.1, 0.15) is 17.3 Å². The second-order valence-corrected chi connectivity index (χ2v) is 7.94. The highest BCUT2D eigenvalue weighted by molar-refractivity contribution is 5.77. The van der Waals surface area contributed by atoms with E-state index in [-0.39, 0.29) is 24.4 Å². The topological polar surface area (TPSA) is 58.0 Å². The molecule has 32 heavy (non-hydrogen) atoms. The third-order valence-corrected chi connectivity index (χ3v) is 5.70. The molecule has 4 rings (SSSR count). The number of carbonyl (C=O) groups is 1. The van der Waals surface area contributed by atoms with Crippen LogP contribution in [0, 0.1) is 12.7 Å². The molecule has 1 unspecified atom stereocenters. The molecule has 6 nitrogen and oxygen atoms in total. The number of aryl methyl sites for hydroxylation is 1. The zero-order valence-corrected chi connectivity index (χ0v) is 18.2. The van der Waals surface area contributed by atoms with E-state index in [4.69, 9.17) is 9.15 Å². The van der Waals surface area contributed by atoms with Gasteiger partial charge >= 0.3 is 0 Å². The van der Waals surface area contributed by atoms with E-state index in [1.807, 2.05) is 55.5 Å². The largest absolute Gasteiger partial charge is 0.484 e. The number of nitrogens with zero attached hydrogens (tertiary/aromatic N) is 2. The molecule has 0 radical (unpaired) electrons. The molecule has 1 atom stereocenters. The number of rotatable bonds is 8. The molecule has 1 saturated heterocycles. The molecular weight excluding hydrogens is 409 g/mol. The number of amides is 1. The monoisotopic (exact) mass is 437 g/mol. The van der Waals surface area contributed by atoms with Crippen LogP contribution in [0.4, 0.5) is 10.1 Å². The molecule has 1 aliphatic heterocycles. The van der Waals surface area contributed by atoms with Crippen LogP contribution in [0.2, 0.25) is 0 Å². The highest BCUT2D eigenvalue weighted by Gasteiger charge is 2.27. The van der Waals surface area contributed by atoms with Gasteiger partial charge in [0.15, 0.2) is 6.61 Å². The van der Waals surface area contributed by atoms with Crippen LogP contribution in [0.15, 0.2) is 71.3 Å². The molecule has 0 saturated carbocycles. The Morgan fingerprint density at radius 3 is 2.44 bits per heavy atom. The van der Waals surface area contributed by atoms with Crippen molar-refractivity contribution in [2.45, 2.75) is 13.0 Å². The summed E-state index contributed by atoms with van der Waals surface area (Å²) < 4.78 is 24.5. The van der Waals surface area contributed by atoms with Crippen LogP contribution in [-0.4, -0.2) is 50.1 Å². The number of ether oxygens (including phenoxy) is 1. The SMILES string of the molecule is Cc1ccc(OCC(=O)NCC(c2ccco2)N2CCN(c3ccc(F)cc3)CC2)cc1. The van der Waals surface area contributed by atoms with E-state index in [1.54, 1.807) is 6.26 Å². The summed E-state index contributed by atoms with van der Waals surface area (Å²) in [6, 6.07) is 17.9. The van der Waals surface area contributed by atoms with Crippen molar-refractivity contribution in [1.29, 1.82) is 0 Å². The van der Waals surface area contributed by atoms with Crippen LogP contribution in [-0.2, 0) is 4.79 Å². The Hall–Kier alpha value is -3.32. The van der Waals surface area contributed by atoms with Gasteiger partial charge in [0.2, 0.25) is 0 Å². The van der Waals surface area contributed by atoms with Crippen LogP contribution in [0.3, 0.4) is 0 Å². The number of anilines is 1. The van der Waals surface area contributed by atoms with Gasteiger partial charge in [-0.3, -0.25) is 9.69 Å². The van der Waals surface area contributed by atoms with E-state index in [0.717, 1.165) is 43.2 Å². The van der Waals surface area contributed by atoms with Gasteiger partial charge in [-0.1, -0.05) is 17.7 Å². The van der Waals surface area contributed by atoms with E-state index >= 15 is 0 Å². The van der Waals surface area contributed by atoms with Gasteiger partial charge in [0.05, 0.1) is 12.3 Å². The maximum atomic E-state index is 13.2. The van der Waals surface area contributed by atoms with Crippen molar-refractivity contribution >= 4 is 11.6 Å². The molecule has 2 aromatic carbocycles. The highest BCUT2D eigenvalue weighted by atomic mass is 19.1. The Kier molecular flexibility index (Phi) is 7.07. The normalized spacial score (nSPS) is 15.4. The van der Waals surface area contributed by atoms with Crippen molar-refractivity contribution in [3.63, 3.8) is 0 Å². The molecule has 168 valence electrons. The number of hydrogen-bond donors (Lipinski definition) is 1. The Balaban J connectivity index is 1.31. The van der Waals surface area contributed by atoms with E-state index in [0.29, 0.717) is 12.3 Å². The maximum absolute atomic E-state index is 13.2. The number of halogens is 1. The molecule has 1 aliphatic rings. The molecule has 1 fully saturated rings. The summed E-state index contributed by atoms with van der Waals surface area (Å²) in [6.07, 6.45) is 1.65. The minimum absolute atomic E-state index is 0.0354. The average Bonchev–Trinajstić information content (AvgIpc) is 3.34. The summed E-state index contributed by atoms with van der Waals surface area (Å²) in [7, 11) is 0. The average molecular weight is 438 g/mol. The first-order valence-electron chi connectivity index (χ1n) is 10.8. The van der Waals surface area contributed by atoms with Crippen LogP contribution in [0.1, 0.15) is 17.4 Å². The Morgan fingerprint density at radius 1 is 1.06 bits per heavy atom. The molecule has 1 N–H and O–H groups in total. The van der Waals surface area contributed by atoms with Crippen molar-refractivity contribution in [3.8, 4) is 5.75 Å². The summed E-state index contributed by atoms with van der Waals surface area (Å²) in [5.74, 6) is 1.09. The Labute approximate surface area is 187 Å². The number of nitrogens with one attached hydrogen (secondary N) is 1. The lowest BCUT2D eigenvalue weighted by Crippen LogP contribution is -2.50. The smallest absolute Gasteiger partial charge is 0.258 e. The molecule has 1 aromatic heterocycles. The number of furan rings is 1. The first-order valence-corrected chi connectivity index (χ1v) is 10.8. The zero-order valence-electron chi connectivity index (χ0n) is 18.2. The van der Waals surface area contributed by atoms with E-state index < -0.39 is 0 Å². The maximum Gasteiger partial charge on any atom is 0.258 e. The molecule has 0 aliphatic carbocycles. The fraction of sp³-hybridized carbons (Fsp3) is 0.320. The fourth-order valence-corrected chi connectivity index (χ4v) is 3.88. The van der Waals surface area contributed by atoms with Crippen LogP contribution in [0.5, 0.6) is 5.75 Å². The minimum atomic E-state index is -0.229. The van der Waals surface area contributed by atoms with Crippen LogP contribution in [0.25, 0.3) is 0 Å². The number of carbonyl (C=O) groups excluding carboxylic acids is 1. The number of piperazine rings is 1. The number of benzene rings is 2. The predicted molar refractivity (Wildman–Crippen MR) is 121 cm³/mol. The number of hydrogen-bond acceptors (Lipinski definition) is 5. The van der Waals surface area contributed by atoms with Crippen molar-refractivity contribution in [1.82, 2.24) is 10.2 Å². The zero-order chi connectivity index (χ0) is 22.3. The molecule has 0 spiro atoms. The summed E-state index contributed by atoms with van der Waals surface area (Å²) in [6.45, 7) is 5.63. The summed E-state index contributed by atoms with van der Waals surface area (Å²) in [5, 5.41) is 2.98. The minimum Gasteiger partial charge on any atom is -0.484 e. The lowest BCUT2D eigenvalue weighted by atomic mass is 10.1. The predicted octanol–water partition coefficient (Wildman–Crippen LogP) is 3.79. The van der Waals surface area contributed by atoms with Crippen molar-refractivity contribution in [3.05, 3.63) is 84.1 Å². The Bertz CT molecular complexity index is 982. The molecule has 0 bridgehead atoms. The lowest BCUT2D eigenvalue weighted by Gasteiger charge is -2.39. The van der Waals surface area contributed by atoms with Crippen molar-refractivity contribution in [2.24, 2.45) is 0 Å². The second-order valence-electron chi connectivity index (χ2n) is 7.94. The first kappa shape index (κ1) is 21.9. The molecule has 1 amide bonds. The van der Waals surface area contributed by atoms with Gasteiger partial charge in [0.25, 0.3) is 5.91 Å². The first-order chi connectivity index (χ1) is 15.6. The molecule has 3 aromatic rings. The Morgan fingerprint density at radius 2 is 1.78 bits per heavy atom. The van der Waals surface area contributed by atoms with E-state index in [2.05, 4.69) is 15.1 Å². The third-order valence-electron chi connectivity index (χ3n) is 5.70. The van der Waals surface area contributed by atoms with Gasteiger partial charge in [-0.05, 0) is 55.5 Å². The van der Waals surface area contributed by atoms with Crippen LogP contribution >= 0.6 is 0 Å². The van der Waals surface area contributed by atoms with Gasteiger partial charge in [-0.25, -0.2) is 4.39 Å². The van der Waals surface area contributed by atoms with Gasteiger partial charge in [-0.15, -0.1) is 0 Å². The van der Waals surface area contributed by atoms with Gasteiger partial charge in [-0.2, -0.15) is 0 Å². The quantitative estimate of drug-likeness (QED) is 0.581. The summed E-state index contributed by atoms with van der Waals surface area (Å²) in [4.78, 5) is 16.9. The molecular formula is C25H28FN3O3. The summed E-state index contributed by atoms with van der Waals surface area (Å²) >= 11 is 0. The molecule has 2 heterocycles. The second kappa shape index (κ2) is 10.3. The molecule has 7 heteroatoms. The van der Waals surface area contributed by atoms with Crippen LogP contribution < -0.4 is 15.0 Å². The van der Waals surface area contributed by atoms with E-state index in [1.165, 1.54) is 12.1 Å². The highest BCUT2D eigenvalue weighted by Crippen LogP contribution is 2.24.